The van der Waals surface area contributed by atoms with E-state index in [0.717, 1.165) is 0 Å². The second-order valence-corrected chi connectivity index (χ2v) is 20.0. The number of nitrogens with zero attached hydrogens (tertiary/aromatic N) is 3. The maximum Gasteiger partial charge on any atom is 0.326 e. The fourth-order valence-corrected chi connectivity index (χ4v) is 7.49. The minimum atomic E-state index is -1.35. The average Bonchev–Trinajstić information content (AvgIpc) is 3.33. The van der Waals surface area contributed by atoms with Crippen molar-refractivity contribution in [3.8, 4) is 0 Å². The van der Waals surface area contributed by atoms with Crippen LogP contribution in [-0.4, -0.2) is 157 Å². The Labute approximate surface area is 452 Å². The molecular weight excluding hydrogens is 1000 g/mol. The minimum Gasteiger partial charge on any atom is -0.480 e. The van der Waals surface area contributed by atoms with Crippen molar-refractivity contribution in [3.63, 3.8) is 0 Å². The topological polar surface area (TPSA) is 515 Å². The Balaban J connectivity index is 6.65. The molecule has 0 aliphatic rings. The van der Waals surface area contributed by atoms with Gasteiger partial charge in [-0.2, -0.15) is 0 Å². The highest BCUT2D eigenvalue weighted by molar-refractivity contribution is 5.98. The van der Waals surface area contributed by atoms with Crippen LogP contribution in [0, 0.1) is 17.8 Å². The van der Waals surface area contributed by atoms with E-state index in [9.17, 15) is 48.3 Å². The Morgan fingerprint density at radius 1 is 0.429 bits per heavy atom. The molecule has 440 valence electrons. The van der Waals surface area contributed by atoms with E-state index in [1.54, 1.807) is 13.8 Å². The number of rotatable bonds is 39. The molecule has 0 heterocycles. The number of aliphatic imine (C=N–C) groups is 3. The molecule has 10 atom stereocenters. The third-order valence-corrected chi connectivity index (χ3v) is 11.9. The molecule has 29 heteroatoms. The summed E-state index contributed by atoms with van der Waals surface area (Å²) in [5.74, 6) is -8.55. The predicted molar refractivity (Wildman–Crippen MR) is 293 cm³/mol. The van der Waals surface area contributed by atoms with Crippen LogP contribution in [0.5, 0.6) is 0 Å². The lowest BCUT2D eigenvalue weighted by molar-refractivity contribution is -0.142. The molecule has 0 aromatic heterocycles. The number of amides is 8. The zero-order valence-electron chi connectivity index (χ0n) is 46.3. The predicted octanol–water partition coefficient (Wildman–Crippen LogP) is -4.26. The van der Waals surface area contributed by atoms with Gasteiger partial charge in [-0.05, 0) is 109 Å². The highest BCUT2D eigenvalue weighted by atomic mass is 16.4. The van der Waals surface area contributed by atoms with Crippen LogP contribution in [0.25, 0.3) is 0 Å². The van der Waals surface area contributed by atoms with Gasteiger partial charge in [0.05, 0.1) is 6.04 Å². The van der Waals surface area contributed by atoms with Crippen molar-refractivity contribution in [1.82, 2.24) is 42.5 Å². The van der Waals surface area contributed by atoms with E-state index in [1.165, 1.54) is 13.8 Å². The molecule has 0 unspecified atom stereocenters. The lowest BCUT2D eigenvalue weighted by atomic mass is 9.97. The summed E-state index contributed by atoms with van der Waals surface area (Å²) in [6.07, 6.45) is 2.16. The first-order valence-corrected chi connectivity index (χ1v) is 26.3. The molecule has 0 aromatic carbocycles. The molecule has 29 nitrogen and oxygen atoms in total. The molecule has 0 aliphatic heterocycles. The van der Waals surface area contributed by atoms with Crippen LogP contribution in [0.15, 0.2) is 15.0 Å². The number of unbranched alkanes of at least 4 members (excludes halogenated alkanes) is 1. The van der Waals surface area contributed by atoms with E-state index in [2.05, 4.69) is 57.5 Å². The summed E-state index contributed by atoms with van der Waals surface area (Å²) in [6.45, 7) is 14.2. The van der Waals surface area contributed by atoms with Gasteiger partial charge >= 0.3 is 5.97 Å². The summed E-state index contributed by atoms with van der Waals surface area (Å²) in [5, 5.41) is 31.0. The Hall–Kier alpha value is -7.04. The van der Waals surface area contributed by atoms with E-state index in [1.807, 2.05) is 27.7 Å². The third-order valence-electron chi connectivity index (χ3n) is 11.9. The van der Waals surface area contributed by atoms with Gasteiger partial charge in [0.15, 0.2) is 17.9 Å². The van der Waals surface area contributed by atoms with Gasteiger partial charge < -0.3 is 93.5 Å². The molecule has 0 bridgehead atoms. The minimum absolute atomic E-state index is 0.0260. The summed E-state index contributed by atoms with van der Waals surface area (Å²) in [6, 6.07) is -10.9. The van der Waals surface area contributed by atoms with Crippen molar-refractivity contribution in [3.05, 3.63) is 0 Å². The quantitative estimate of drug-likeness (QED) is 0.0157. The molecule has 0 radical (unpaired) electrons. The van der Waals surface area contributed by atoms with Gasteiger partial charge in [0, 0.05) is 19.6 Å². The van der Waals surface area contributed by atoms with Crippen molar-refractivity contribution < 1.29 is 48.3 Å². The Morgan fingerprint density at radius 3 is 1.13 bits per heavy atom. The number of hydrogen-bond acceptors (Lipinski definition) is 14. The molecule has 0 spiro atoms. The molecule has 77 heavy (non-hydrogen) atoms. The van der Waals surface area contributed by atoms with Gasteiger partial charge in [-0.1, -0.05) is 48.0 Å². The normalized spacial score (nSPS) is 15.0. The Bertz CT molecular complexity index is 1990. The maximum atomic E-state index is 14.2. The molecule has 0 fully saturated rings. The van der Waals surface area contributed by atoms with Gasteiger partial charge in [-0.25, -0.2) is 4.79 Å². The van der Waals surface area contributed by atoms with E-state index in [0.29, 0.717) is 19.3 Å². The first-order valence-electron chi connectivity index (χ1n) is 26.3. The lowest BCUT2D eigenvalue weighted by Gasteiger charge is -2.29. The van der Waals surface area contributed by atoms with Gasteiger partial charge in [0.1, 0.15) is 48.3 Å². The number of nitrogens with one attached hydrogen (secondary N) is 8. The van der Waals surface area contributed by atoms with Crippen LogP contribution < -0.4 is 88.4 Å². The number of hydrogen-bond donors (Lipinski definition) is 17. The maximum absolute atomic E-state index is 14.2. The molecule has 8 amide bonds. The SMILES string of the molecule is CC[C@H](C)[C@H](NC(=O)[C@H](C)NC(=O)[C@H](CC(C)C)NC(=O)[C@H](CCCN=C(N)N)NC(=O)[C@H](CC(C)C)NC(=O)[C@H](C)N)C(=O)N[C@@H](CCCN=C(N)N)C(=O)N[C@@H](CCCCN)C(=O)N[C@@H](CCCN=C(N)N)C(=O)O. The zero-order chi connectivity index (χ0) is 58.9. The van der Waals surface area contributed by atoms with Crippen LogP contribution in [0.3, 0.4) is 0 Å². The lowest BCUT2D eigenvalue weighted by Crippen LogP contribution is -2.61. The fourth-order valence-electron chi connectivity index (χ4n) is 7.49. The number of nitrogens with two attached hydrogens (primary N) is 8. The monoisotopic (exact) mass is 1100 g/mol. The van der Waals surface area contributed by atoms with Crippen molar-refractivity contribution in [1.29, 1.82) is 0 Å². The number of carbonyl (C=O) groups is 9. The average molecular weight is 1100 g/mol. The molecule has 0 aliphatic carbocycles. The van der Waals surface area contributed by atoms with Gasteiger partial charge in [-0.3, -0.25) is 53.3 Å². The Morgan fingerprint density at radius 2 is 0.766 bits per heavy atom. The highest BCUT2D eigenvalue weighted by Gasteiger charge is 2.35. The van der Waals surface area contributed by atoms with Gasteiger partial charge in [0.25, 0.3) is 0 Å². The van der Waals surface area contributed by atoms with Crippen molar-refractivity contribution in [2.24, 2.45) is 78.6 Å². The number of carboxylic acid groups (broad SMARTS) is 1. The number of aliphatic carboxylic acids is 1. The van der Waals surface area contributed by atoms with Gasteiger partial charge in [-0.15, -0.1) is 0 Å². The Kier molecular flexibility index (Phi) is 34.2. The first-order chi connectivity index (χ1) is 36.0. The summed E-state index contributed by atoms with van der Waals surface area (Å²) in [7, 11) is 0. The molecule has 0 rings (SSSR count). The number of carboxylic acids is 1. The standard InChI is InChI=1S/C48H93N19O10/c1-9-27(6)36(44(75)63-32(17-13-21-58-47(53)54)39(70)61-30(15-10-11-19-49)40(71)64-33(45(76)77)18-14-22-59-48(55)56)67-38(69)29(8)60-42(73)34(23-25(2)3)66-41(72)31(16-12-20-57-46(51)52)62-43(74)35(24-26(4)5)65-37(68)28(7)50/h25-36H,9-24,49-50H2,1-8H3,(H,60,73)(H,61,70)(H,62,74)(H,63,75)(H,64,71)(H,65,68)(H,66,72)(H,67,69)(H,76,77)(H4,51,52,57)(H4,53,54,58)(H4,55,56,59)/t27-,28-,29-,30-,31-,32-,33-,34-,35-,36-/m0/s1. The largest absolute Gasteiger partial charge is 0.480 e. The van der Waals surface area contributed by atoms with Gasteiger partial charge in [0.2, 0.25) is 47.3 Å². The smallest absolute Gasteiger partial charge is 0.326 e. The zero-order valence-corrected chi connectivity index (χ0v) is 46.3. The van der Waals surface area contributed by atoms with Crippen molar-refractivity contribution >= 4 is 71.1 Å². The van der Waals surface area contributed by atoms with E-state index in [-0.39, 0.29) is 114 Å². The van der Waals surface area contributed by atoms with Crippen LogP contribution in [0.1, 0.15) is 132 Å². The highest BCUT2D eigenvalue weighted by Crippen LogP contribution is 2.14. The molecule has 0 saturated heterocycles. The summed E-state index contributed by atoms with van der Waals surface area (Å²) in [4.78, 5) is 134. The molecule has 25 N–H and O–H groups in total. The van der Waals surface area contributed by atoms with E-state index in [4.69, 9.17) is 45.9 Å². The number of carbonyl (C=O) groups excluding carboxylic acids is 8. The molecule has 0 saturated carbocycles. The van der Waals surface area contributed by atoms with E-state index < -0.39 is 114 Å². The van der Waals surface area contributed by atoms with Crippen molar-refractivity contribution in [2.75, 3.05) is 26.2 Å². The molecule has 0 aromatic rings. The van der Waals surface area contributed by atoms with Crippen molar-refractivity contribution in [2.45, 2.75) is 187 Å². The summed E-state index contributed by atoms with van der Waals surface area (Å²) < 4.78 is 0. The third kappa shape index (κ3) is 30.3. The second-order valence-electron chi connectivity index (χ2n) is 20.0. The van der Waals surface area contributed by atoms with E-state index >= 15 is 0 Å². The number of guanidine groups is 3. The summed E-state index contributed by atoms with van der Waals surface area (Å²) in [5.41, 5.74) is 44.2. The van der Waals surface area contributed by atoms with Crippen LogP contribution in [0.4, 0.5) is 0 Å². The first kappa shape index (κ1) is 70.0. The van der Waals surface area contributed by atoms with Crippen LogP contribution in [0.2, 0.25) is 0 Å². The summed E-state index contributed by atoms with van der Waals surface area (Å²) >= 11 is 0. The van der Waals surface area contributed by atoms with Crippen LogP contribution >= 0.6 is 0 Å². The molecular formula is C48H93N19O10. The van der Waals surface area contributed by atoms with Crippen LogP contribution in [-0.2, 0) is 43.2 Å². The second kappa shape index (κ2) is 37.7. The fraction of sp³-hybridized carbons (Fsp3) is 0.750.